The molecule has 0 saturated heterocycles. The Labute approximate surface area is 114 Å². The average Bonchev–Trinajstić information content (AvgIpc) is 3.05. The Bertz CT molecular complexity index is 510. The van der Waals surface area contributed by atoms with Gasteiger partial charge in [-0.15, -0.1) is 0 Å². The number of nitrogens with zero attached hydrogens (tertiary/aromatic N) is 2. The first-order valence-corrected chi connectivity index (χ1v) is 6.95. The van der Waals surface area contributed by atoms with E-state index in [1.807, 2.05) is 16.8 Å². The number of ether oxygens (including phenoxy) is 1. The monoisotopic (exact) mass is 281 g/mol. The van der Waals surface area contributed by atoms with E-state index in [0.717, 1.165) is 5.56 Å². The molecule has 7 heteroatoms. The first-order valence-electron chi connectivity index (χ1n) is 6.01. The van der Waals surface area contributed by atoms with Crippen LogP contribution in [0.3, 0.4) is 0 Å². The predicted molar refractivity (Wildman–Crippen MR) is 70.6 cm³/mol. The summed E-state index contributed by atoms with van der Waals surface area (Å²) in [5, 5.41) is 10.8. The highest BCUT2D eigenvalue weighted by atomic mass is 32.1. The Morgan fingerprint density at radius 2 is 2.47 bits per heavy atom. The SMILES string of the molecule is CCOC(=O)CCNCc1noc(-c2ccsc2)n1. The molecule has 0 amide bonds. The van der Waals surface area contributed by atoms with Gasteiger partial charge in [-0.1, -0.05) is 5.16 Å². The molecular weight excluding hydrogens is 266 g/mol. The largest absolute Gasteiger partial charge is 0.466 e. The molecule has 0 radical (unpaired) electrons. The smallest absolute Gasteiger partial charge is 0.307 e. The second kappa shape index (κ2) is 7.01. The minimum absolute atomic E-state index is 0.206. The molecule has 0 fully saturated rings. The summed E-state index contributed by atoms with van der Waals surface area (Å²) in [6.07, 6.45) is 0.336. The molecule has 2 aromatic heterocycles. The van der Waals surface area contributed by atoms with Crippen LogP contribution in [0.5, 0.6) is 0 Å². The molecule has 19 heavy (non-hydrogen) atoms. The number of thiophene rings is 1. The summed E-state index contributed by atoms with van der Waals surface area (Å²) in [6, 6.07) is 1.93. The van der Waals surface area contributed by atoms with Gasteiger partial charge in [0, 0.05) is 11.9 Å². The first kappa shape index (κ1) is 13.7. The molecule has 0 aliphatic carbocycles. The van der Waals surface area contributed by atoms with Gasteiger partial charge in [-0.05, 0) is 18.4 Å². The van der Waals surface area contributed by atoms with Crippen LogP contribution in [0.15, 0.2) is 21.3 Å². The third-order valence-corrected chi connectivity index (χ3v) is 3.01. The van der Waals surface area contributed by atoms with Crippen LogP contribution < -0.4 is 5.32 Å². The highest BCUT2D eigenvalue weighted by Crippen LogP contribution is 2.19. The van der Waals surface area contributed by atoms with Gasteiger partial charge in [0.2, 0.25) is 0 Å². The molecule has 2 rings (SSSR count). The van der Waals surface area contributed by atoms with Crippen molar-refractivity contribution in [2.24, 2.45) is 0 Å². The van der Waals surface area contributed by atoms with E-state index < -0.39 is 0 Å². The Balaban J connectivity index is 1.74. The van der Waals surface area contributed by atoms with Crippen molar-refractivity contribution >= 4 is 17.3 Å². The fraction of sp³-hybridized carbons (Fsp3) is 0.417. The lowest BCUT2D eigenvalue weighted by Crippen LogP contribution is -2.19. The summed E-state index contributed by atoms with van der Waals surface area (Å²) < 4.78 is 9.96. The Morgan fingerprint density at radius 1 is 1.58 bits per heavy atom. The van der Waals surface area contributed by atoms with Crippen molar-refractivity contribution < 1.29 is 14.1 Å². The molecule has 0 bridgehead atoms. The number of carbonyl (C=O) groups excluding carboxylic acids is 1. The summed E-state index contributed by atoms with van der Waals surface area (Å²) in [6.45, 7) is 3.19. The van der Waals surface area contributed by atoms with Crippen LogP contribution in [0, 0.1) is 0 Å². The number of hydrogen-bond donors (Lipinski definition) is 1. The second-order valence-corrected chi connectivity index (χ2v) is 4.54. The van der Waals surface area contributed by atoms with Crippen LogP contribution in [0.1, 0.15) is 19.2 Å². The van der Waals surface area contributed by atoms with E-state index >= 15 is 0 Å². The van der Waals surface area contributed by atoms with Crippen molar-refractivity contribution in [3.05, 3.63) is 22.7 Å². The molecule has 0 spiro atoms. The van der Waals surface area contributed by atoms with E-state index in [-0.39, 0.29) is 5.97 Å². The van der Waals surface area contributed by atoms with Gasteiger partial charge in [-0.25, -0.2) is 0 Å². The summed E-state index contributed by atoms with van der Waals surface area (Å²) in [5.74, 6) is 0.885. The van der Waals surface area contributed by atoms with Gasteiger partial charge in [0.15, 0.2) is 5.82 Å². The summed E-state index contributed by atoms with van der Waals surface area (Å²) in [4.78, 5) is 15.4. The summed E-state index contributed by atoms with van der Waals surface area (Å²) >= 11 is 1.58. The standard InChI is InChI=1S/C12H15N3O3S/c1-2-17-11(16)3-5-13-7-10-14-12(18-15-10)9-4-6-19-8-9/h4,6,8,13H,2-3,5,7H2,1H3. The van der Waals surface area contributed by atoms with E-state index in [9.17, 15) is 4.79 Å². The minimum atomic E-state index is -0.206. The maximum Gasteiger partial charge on any atom is 0.307 e. The lowest BCUT2D eigenvalue weighted by molar-refractivity contribution is -0.142. The van der Waals surface area contributed by atoms with Crippen LogP contribution in [0.25, 0.3) is 11.5 Å². The fourth-order valence-electron chi connectivity index (χ4n) is 1.45. The normalized spacial score (nSPS) is 10.6. The van der Waals surface area contributed by atoms with Crippen molar-refractivity contribution in [3.8, 4) is 11.5 Å². The third kappa shape index (κ3) is 4.15. The van der Waals surface area contributed by atoms with Gasteiger partial charge in [0.25, 0.3) is 5.89 Å². The van der Waals surface area contributed by atoms with Crippen molar-refractivity contribution in [3.63, 3.8) is 0 Å². The van der Waals surface area contributed by atoms with E-state index in [1.54, 1.807) is 18.3 Å². The number of nitrogens with one attached hydrogen (secondary N) is 1. The number of esters is 1. The first-order chi connectivity index (χ1) is 9.29. The number of hydrogen-bond acceptors (Lipinski definition) is 7. The molecule has 6 nitrogen and oxygen atoms in total. The van der Waals surface area contributed by atoms with Gasteiger partial charge in [-0.3, -0.25) is 4.79 Å². The zero-order valence-corrected chi connectivity index (χ0v) is 11.4. The van der Waals surface area contributed by atoms with Crippen LogP contribution in [0.2, 0.25) is 0 Å². The molecule has 0 atom stereocenters. The van der Waals surface area contributed by atoms with Gasteiger partial charge < -0.3 is 14.6 Å². The van der Waals surface area contributed by atoms with Gasteiger partial charge in [0.1, 0.15) is 0 Å². The van der Waals surface area contributed by atoms with Crippen molar-refractivity contribution in [2.45, 2.75) is 19.9 Å². The van der Waals surface area contributed by atoms with Crippen LogP contribution in [-0.4, -0.2) is 29.3 Å². The summed E-state index contributed by atoms with van der Waals surface area (Å²) in [5.41, 5.74) is 0.926. The minimum Gasteiger partial charge on any atom is -0.466 e. The Hall–Kier alpha value is -1.73. The molecule has 2 aromatic rings. The Morgan fingerprint density at radius 3 is 3.21 bits per heavy atom. The average molecular weight is 281 g/mol. The van der Waals surface area contributed by atoms with Crippen molar-refractivity contribution in [1.29, 1.82) is 0 Å². The molecule has 0 saturated carbocycles. The molecule has 0 aliphatic heterocycles. The molecule has 2 heterocycles. The lowest BCUT2D eigenvalue weighted by atomic mass is 10.3. The number of aromatic nitrogens is 2. The third-order valence-electron chi connectivity index (χ3n) is 2.33. The van der Waals surface area contributed by atoms with Crippen molar-refractivity contribution in [1.82, 2.24) is 15.5 Å². The molecular formula is C12H15N3O3S. The quantitative estimate of drug-likeness (QED) is 0.616. The topological polar surface area (TPSA) is 77.2 Å². The number of carbonyl (C=O) groups is 1. The molecule has 102 valence electrons. The number of rotatable bonds is 7. The second-order valence-electron chi connectivity index (χ2n) is 3.76. The maximum absolute atomic E-state index is 11.1. The van der Waals surface area contributed by atoms with Gasteiger partial charge >= 0.3 is 5.97 Å². The maximum atomic E-state index is 11.1. The van der Waals surface area contributed by atoms with Gasteiger partial charge in [0.05, 0.1) is 25.1 Å². The highest BCUT2D eigenvalue weighted by molar-refractivity contribution is 7.08. The van der Waals surface area contributed by atoms with E-state index in [0.29, 0.717) is 37.8 Å². The fourth-order valence-corrected chi connectivity index (χ4v) is 2.08. The highest BCUT2D eigenvalue weighted by Gasteiger charge is 2.08. The zero-order valence-electron chi connectivity index (χ0n) is 10.6. The van der Waals surface area contributed by atoms with E-state index in [2.05, 4.69) is 15.5 Å². The van der Waals surface area contributed by atoms with Crippen LogP contribution in [0.4, 0.5) is 0 Å². The molecule has 0 aromatic carbocycles. The van der Waals surface area contributed by atoms with Crippen LogP contribution >= 0.6 is 11.3 Å². The van der Waals surface area contributed by atoms with E-state index in [4.69, 9.17) is 9.26 Å². The molecule has 0 unspecified atom stereocenters. The van der Waals surface area contributed by atoms with Crippen LogP contribution in [-0.2, 0) is 16.1 Å². The summed E-state index contributed by atoms with van der Waals surface area (Å²) in [7, 11) is 0. The molecule has 0 aliphatic rings. The zero-order chi connectivity index (χ0) is 13.5. The van der Waals surface area contributed by atoms with Gasteiger partial charge in [-0.2, -0.15) is 16.3 Å². The lowest BCUT2D eigenvalue weighted by Gasteiger charge is -2.01. The van der Waals surface area contributed by atoms with Crippen molar-refractivity contribution in [2.75, 3.05) is 13.2 Å². The Kier molecular flexibility index (Phi) is 5.05. The van der Waals surface area contributed by atoms with E-state index in [1.165, 1.54) is 0 Å². The molecule has 1 N–H and O–H groups in total. The predicted octanol–water partition coefficient (Wildman–Crippen LogP) is 1.84.